The molecule has 1 saturated heterocycles. The first-order chi connectivity index (χ1) is 16.3. The smallest absolute Gasteiger partial charge is 0.338 e. The summed E-state index contributed by atoms with van der Waals surface area (Å²) >= 11 is 18.7. The molecule has 3 aliphatic rings. The number of hydrogen-bond donors (Lipinski definition) is 1. The molecule has 1 N–H and O–H groups in total. The van der Waals surface area contributed by atoms with Gasteiger partial charge in [-0.2, -0.15) is 0 Å². The first kappa shape index (κ1) is 23.1. The van der Waals surface area contributed by atoms with Gasteiger partial charge in [-0.05, 0) is 60.7 Å². The Morgan fingerprint density at radius 2 is 1.59 bits per heavy atom. The highest BCUT2D eigenvalue weighted by atomic mass is 35.5. The van der Waals surface area contributed by atoms with Gasteiger partial charge in [-0.3, -0.25) is 19.3 Å². The lowest BCUT2D eigenvalue weighted by Gasteiger charge is -2.28. The van der Waals surface area contributed by atoms with E-state index < -0.39 is 30.3 Å². The van der Waals surface area contributed by atoms with Crippen LogP contribution in [0.4, 0.5) is 11.4 Å². The van der Waals surface area contributed by atoms with Crippen molar-refractivity contribution in [3.8, 4) is 0 Å². The fourth-order valence-electron chi connectivity index (χ4n) is 5.33. The summed E-state index contributed by atoms with van der Waals surface area (Å²) in [5.74, 6) is -2.88. The van der Waals surface area contributed by atoms with Crippen LogP contribution in [0.3, 0.4) is 0 Å². The van der Waals surface area contributed by atoms with Crippen LogP contribution < -0.4 is 10.2 Å². The van der Waals surface area contributed by atoms with Crippen molar-refractivity contribution in [2.24, 2.45) is 23.7 Å². The average Bonchev–Trinajstić information content (AvgIpc) is 3.42. The molecule has 10 heteroatoms. The van der Waals surface area contributed by atoms with Crippen LogP contribution in [0.5, 0.6) is 0 Å². The number of carbonyl (C=O) groups excluding carboxylic acids is 4. The molecule has 3 amide bonds. The van der Waals surface area contributed by atoms with Crippen LogP contribution in [0.15, 0.2) is 48.5 Å². The van der Waals surface area contributed by atoms with Gasteiger partial charge in [0.05, 0.1) is 33.8 Å². The summed E-state index contributed by atoms with van der Waals surface area (Å²) in [6.45, 7) is -0.485. The number of nitrogens with one attached hydrogen (secondary N) is 1. The summed E-state index contributed by atoms with van der Waals surface area (Å²) in [4.78, 5) is 51.7. The highest BCUT2D eigenvalue weighted by Gasteiger charge is 2.66. The summed E-state index contributed by atoms with van der Waals surface area (Å²) in [5.41, 5.74) is 1.04. The Balaban J connectivity index is 1.22. The molecule has 5 rings (SSSR count). The number of nitrogens with zero attached hydrogens (tertiary/aromatic N) is 1. The Labute approximate surface area is 210 Å². The predicted octanol–water partition coefficient (Wildman–Crippen LogP) is 4.11. The quantitative estimate of drug-likeness (QED) is 0.363. The maximum absolute atomic E-state index is 13.1. The average molecular weight is 522 g/mol. The molecule has 2 bridgehead atoms. The molecule has 2 saturated carbocycles. The number of imide groups is 1. The molecular weight excluding hydrogens is 503 g/mol. The summed E-state index contributed by atoms with van der Waals surface area (Å²) in [5, 5.41) is 2.40. The largest absolute Gasteiger partial charge is 0.452 e. The zero-order valence-electron chi connectivity index (χ0n) is 17.6. The second-order valence-electron chi connectivity index (χ2n) is 8.70. The number of ether oxygens (including phenoxy) is 1. The van der Waals surface area contributed by atoms with Crippen LogP contribution in [0, 0.1) is 23.7 Å². The molecule has 6 atom stereocenters. The topological polar surface area (TPSA) is 92.8 Å². The van der Waals surface area contributed by atoms with E-state index in [1.165, 1.54) is 29.2 Å². The van der Waals surface area contributed by atoms with Crippen LogP contribution in [0.1, 0.15) is 16.8 Å². The minimum absolute atomic E-state index is 0.104. The van der Waals surface area contributed by atoms with E-state index in [-0.39, 0.29) is 40.0 Å². The van der Waals surface area contributed by atoms with E-state index in [4.69, 9.17) is 39.5 Å². The zero-order valence-corrected chi connectivity index (χ0v) is 19.9. The van der Waals surface area contributed by atoms with Gasteiger partial charge >= 0.3 is 5.97 Å². The van der Waals surface area contributed by atoms with E-state index in [1.807, 2.05) is 0 Å². The first-order valence-corrected chi connectivity index (χ1v) is 12.0. The Morgan fingerprint density at radius 1 is 0.971 bits per heavy atom. The molecule has 0 spiro atoms. The van der Waals surface area contributed by atoms with Gasteiger partial charge in [0, 0.05) is 10.7 Å². The van der Waals surface area contributed by atoms with Gasteiger partial charge < -0.3 is 10.1 Å². The van der Waals surface area contributed by atoms with E-state index in [2.05, 4.69) is 5.32 Å². The first-order valence-electron chi connectivity index (χ1n) is 10.7. The number of amides is 3. The fourth-order valence-corrected chi connectivity index (χ4v) is 6.41. The van der Waals surface area contributed by atoms with Crippen molar-refractivity contribution in [2.45, 2.75) is 17.2 Å². The molecule has 1 heterocycles. The summed E-state index contributed by atoms with van der Waals surface area (Å²) in [6.07, 6.45) is 0.693. The van der Waals surface area contributed by atoms with E-state index in [0.717, 1.165) is 0 Å². The highest BCUT2D eigenvalue weighted by molar-refractivity contribution is 6.32. The molecule has 0 radical (unpaired) electrons. The normalized spacial score (nSPS) is 29.3. The Morgan fingerprint density at radius 3 is 2.18 bits per heavy atom. The number of anilines is 2. The van der Waals surface area contributed by atoms with Crippen molar-refractivity contribution in [3.05, 3.63) is 59.1 Å². The highest BCUT2D eigenvalue weighted by Crippen LogP contribution is 2.59. The standard InChI is InChI=1S/C24H19Cl3N2O5/c25-12-2-1-3-13(8-12)28-17(30)10-34-24(33)11-4-6-14(7-5-11)29-22(31)18-15-9-16(19(18)23(29)32)21(27)20(15)26/h1-8,15-16,18-21H,9-10H2,(H,28,30)/t15-,16-,18-,19+,20+,21+/m1/s1. The SMILES string of the molecule is O=C(COC(=O)c1ccc(N2C(=O)[C@@H]3[C@H]4C[C@@H]([C@H](Cl)[C@H]4Cl)[C@@H]3C2=O)cc1)Nc1cccc(Cl)c1. The Hall–Kier alpha value is -2.61. The molecule has 2 aromatic rings. The van der Waals surface area contributed by atoms with Crippen molar-refractivity contribution in [3.63, 3.8) is 0 Å². The van der Waals surface area contributed by atoms with Crippen molar-refractivity contribution in [2.75, 3.05) is 16.8 Å². The summed E-state index contributed by atoms with van der Waals surface area (Å²) < 4.78 is 5.06. The number of halogens is 3. The van der Waals surface area contributed by atoms with Crippen molar-refractivity contribution in [1.82, 2.24) is 0 Å². The van der Waals surface area contributed by atoms with Crippen molar-refractivity contribution in [1.29, 1.82) is 0 Å². The molecule has 1 aliphatic heterocycles. The monoisotopic (exact) mass is 520 g/mol. The van der Waals surface area contributed by atoms with Gasteiger partial charge in [0.1, 0.15) is 0 Å². The van der Waals surface area contributed by atoms with E-state index in [9.17, 15) is 19.2 Å². The third-order valence-electron chi connectivity index (χ3n) is 6.79. The van der Waals surface area contributed by atoms with Gasteiger partial charge in [0.15, 0.2) is 6.61 Å². The second kappa shape index (κ2) is 8.87. The molecule has 34 heavy (non-hydrogen) atoms. The third-order valence-corrected chi connectivity index (χ3v) is 8.35. The number of benzene rings is 2. The lowest BCUT2D eigenvalue weighted by Crippen LogP contribution is -2.37. The minimum Gasteiger partial charge on any atom is -0.452 e. The molecule has 7 nitrogen and oxygen atoms in total. The number of esters is 1. The van der Waals surface area contributed by atoms with E-state index >= 15 is 0 Å². The molecule has 2 aliphatic carbocycles. The van der Waals surface area contributed by atoms with Crippen LogP contribution >= 0.6 is 34.8 Å². The maximum atomic E-state index is 13.1. The molecule has 2 aromatic carbocycles. The van der Waals surface area contributed by atoms with Gasteiger partial charge in [-0.25, -0.2) is 4.79 Å². The van der Waals surface area contributed by atoms with Gasteiger partial charge in [-0.15, -0.1) is 23.2 Å². The van der Waals surface area contributed by atoms with Crippen molar-refractivity contribution < 1.29 is 23.9 Å². The van der Waals surface area contributed by atoms with E-state index in [0.29, 0.717) is 22.8 Å². The maximum Gasteiger partial charge on any atom is 0.338 e. The number of rotatable bonds is 5. The van der Waals surface area contributed by atoms with Gasteiger partial charge in [-0.1, -0.05) is 17.7 Å². The van der Waals surface area contributed by atoms with Gasteiger partial charge in [0.25, 0.3) is 5.91 Å². The van der Waals surface area contributed by atoms with Crippen LogP contribution in [0.2, 0.25) is 5.02 Å². The number of alkyl halides is 2. The van der Waals surface area contributed by atoms with E-state index in [1.54, 1.807) is 24.3 Å². The number of fused-ring (bicyclic) bond motifs is 5. The fraction of sp³-hybridized carbons (Fsp3) is 0.333. The molecule has 0 aromatic heterocycles. The molecular formula is C24H19Cl3N2O5. The molecule has 0 unspecified atom stereocenters. The summed E-state index contributed by atoms with van der Waals surface area (Å²) in [7, 11) is 0. The molecule has 3 fully saturated rings. The Kier molecular flexibility index (Phi) is 6.04. The number of hydrogen-bond acceptors (Lipinski definition) is 5. The second-order valence-corrected chi connectivity index (χ2v) is 10.1. The molecule has 176 valence electrons. The number of carbonyl (C=O) groups is 4. The van der Waals surface area contributed by atoms with Crippen molar-refractivity contribution >= 4 is 69.9 Å². The zero-order chi connectivity index (χ0) is 24.1. The van der Waals surface area contributed by atoms with Crippen LogP contribution in [-0.4, -0.2) is 41.1 Å². The van der Waals surface area contributed by atoms with Gasteiger partial charge in [0.2, 0.25) is 11.8 Å². The lowest BCUT2D eigenvalue weighted by molar-refractivity contribution is -0.123. The minimum atomic E-state index is -0.711. The van der Waals surface area contributed by atoms with Crippen LogP contribution in [0.25, 0.3) is 0 Å². The predicted molar refractivity (Wildman–Crippen MR) is 127 cm³/mol. The third kappa shape index (κ3) is 3.85. The van der Waals surface area contributed by atoms with Crippen LogP contribution in [-0.2, 0) is 19.1 Å². The summed E-state index contributed by atoms with van der Waals surface area (Å²) in [6, 6.07) is 12.5. The lowest BCUT2D eigenvalue weighted by atomic mass is 9.80. The Bertz CT molecular complexity index is 1160.